The van der Waals surface area contributed by atoms with Crippen LogP contribution in [-0.4, -0.2) is 0 Å². The molecular formula is C20H22S. The molecule has 0 atom stereocenters. The number of benzene rings is 2. The summed E-state index contributed by atoms with van der Waals surface area (Å²) in [4.78, 5) is 0. The minimum Gasteiger partial charge on any atom is -0.152 e. The van der Waals surface area contributed by atoms with Gasteiger partial charge in [-0.25, -0.2) is 0 Å². The molecule has 0 unspecified atom stereocenters. The summed E-state index contributed by atoms with van der Waals surface area (Å²) in [5.74, 6) is 2.10. The highest BCUT2D eigenvalue weighted by molar-refractivity contribution is 7.97. The lowest BCUT2D eigenvalue weighted by molar-refractivity contribution is 1.18. The van der Waals surface area contributed by atoms with E-state index >= 15 is 0 Å². The van der Waals surface area contributed by atoms with E-state index in [9.17, 15) is 0 Å². The van der Waals surface area contributed by atoms with Gasteiger partial charge in [0.2, 0.25) is 0 Å². The van der Waals surface area contributed by atoms with Gasteiger partial charge in [-0.1, -0.05) is 60.7 Å². The molecule has 21 heavy (non-hydrogen) atoms. The van der Waals surface area contributed by atoms with E-state index in [1.54, 1.807) is 0 Å². The topological polar surface area (TPSA) is 0 Å². The van der Waals surface area contributed by atoms with Crippen molar-refractivity contribution in [2.75, 3.05) is 0 Å². The lowest BCUT2D eigenvalue weighted by atomic mass is 10.1. The van der Waals surface area contributed by atoms with Crippen LogP contribution in [0.15, 0.2) is 73.8 Å². The monoisotopic (exact) mass is 294 g/mol. The molecule has 0 heterocycles. The van der Waals surface area contributed by atoms with Crippen LogP contribution < -0.4 is 0 Å². The zero-order valence-electron chi connectivity index (χ0n) is 12.4. The van der Waals surface area contributed by atoms with Crippen molar-refractivity contribution in [1.82, 2.24) is 0 Å². The van der Waals surface area contributed by atoms with Crippen molar-refractivity contribution in [1.29, 1.82) is 0 Å². The van der Waals surface area contributed by atoms with Gasteiger partial charge in [0, 0.05) is 11.5 Å². The fourth-order valence-corrected chi connectivity index (χ4v) is 3.48. The Morgan fingerprint density at radius 2 is 1.05 bits per heavy atom. The van der Waals surface area contributed by atoms with Gasteiger partial charge in [-0.05, 0) is 35.1 Å². The maximum Gasteiger partial charge on any atom is 0.0190 e. The third-order valence-electron chi connectivity index (χ3n) is 3.48. The summed E-state index contributed by atoms with van der Waals surface area (Å²) >= 11 is 1.97. The van der Waals surface area contributed by atoms with Gasteiger partial charge in [-0.15, -0.1) is 13.2 Å². The van der Waals surface area contributed by atoms with Crippen LogP contribution in [0.3, 0.4) is 0 Å². The molecule has 2 rings (SSSR count). The summed E-state index contributed by atoms with van der Waals surface area (Å²) in [6, 6.07) is 17.3. The quantitative estimate of drug-likeness (QED) is 0.573. The average molecular weight is 294 g/mol. The summed E-state index contributed by atoms with van der Waals surface area (Å²) in [7, 11) is 0. The second kappa shape index (κ2) is 8.53. The van der Waals surface area contributed by atoms with Gasteiger partial charge in [-0.3, -0.25) is 0 Å². The van der Waals surface area contributed by atoms with Gasteiger partial charge in [0.15, 0.2) is 0 Å². The molecule has 0 saturated heterocycles. The zero-order chi connectivity index (χ0) is 14.9. The summed E-state index contributed by atoms with van der Waals surface area (Å²) in [5.41, 5.74) is 5.62. The lowest BCUT2D eigenvalue weighted by Gasteiger charge is -2.10. The van der Waals surface area contributed by atoms with Gasteiger partial charge >= 0.3 is 0 Å². The lowest BCUT2D eigenvalue weighted by Crippen LogP contribution is -1.93. The first-order chi connectivity index (χ1) is 10.3. The SMILES string of the molecule is C=CCc1ccccc1CSCc1ccccc1CC=C. The number of hydrogen-bond donors (Lipinski definition) is 0. The first-order valence-corrected chi connectivity index (χ1v) is 8.43. The molecule has 0 nitrogen and oxygen atoms in total. The van der Waals surface area contributed by atoms with E-state index in [4.69, 9.17) is 0 Å². The molecule has 0 saturated carbocycles. The molecule has 1 heteroatoms. The van der Waals surface area contributed by atoms with Crippen LogP contribution >= 0.6 is 11.8 Å². The molecule has 108 valence electrons. The maximum atomic E-state index is 3.84. The molecule has 0 aliphatic rings. The van der Waals surface area contributed by atoms with Gasteiger partial charge in [-0.2, -0.15) is 11.8 Å². The van der Waals surface area contributed by atoms with E-state index in [1.807, 2.05) is 23.9 Å². The van der Waals surface area contributed by atoms with E-state index in [2.05, 4.69) is 61.7 Å². The van der Waals surface area contributed by atoms with Gasteiger partial charge in [0.25, 0.3) is 0 Å². The van der Waals surface area contributed by atoms with Crippen LogP contribution in [0, 0.1) is 0 Å². The molecular weight excluding hydrogens is 272 g/mol. The first-order valence-electron chi connectivity index (χ1n) is 7.28. The number of hydrogen-bond acceptors (Lipinski definition) is 1. The Hall–Kier alpha value is -1.73. The Kier molecular flexibility index (Phi) is 6.36. The number of rotatable bonds is 8. The number of thioether (sulfide) groups is 1. The Bertz CT molecular complexity index is 545. The Morgan fingerprint density at radius 1 is 0.667 bits per heavy atom. The molecule has 0 aliphatic heterocycles. The van der Waals surface area contributed by atoms with E-state index in [0.29, 0.717) is 0 Å². The van der Waals surface area contributed by atoms with Crippen molar-refractivity contribution >= 4 is 11.8 Å². The van der Waals surface area contributed by atoms with Gasteiger partial charge < -0.3 is 0 Å². The molecule has 0 N–H and O–H groups in total. The van der Waals surface area contributed by atoms with Crippen molar-refractivity contribution in [3.8, 4) is 0 Å². The normalized spacial score (nSPS) is 10.3. The van der Waals surface area contributed by atoms with Crippen molar-refractivity contribution in [3.05, 3.63) is 96.1 Å². The van der Waals surface area contributed by atoms with Crippen LogP contribution in [0.2, 0.25) is 0 Å². The maximum absolute atomic E-state index is 3.84. The van der Waals surface area contributed by atoms with E-state index < -0.39 is 0 Å². The molecule has 0 spiro atoms. The fourth-order valence-electron chi connectivity index (χ4n) is 2.38. The third-order valence-corrected chi connectivity index (χ3v) is 4.51. The van der Waals surface area contributed by atoms with Crippen molar-refractivity contribution in [3.63, 3.8) is 0 Å². The molecule has 0 amide bonds. The second-order valence-corrected chi connectivity index (χ2v) is 6.00. The van der Waals surface area contributed by atoms with Crippen LogP contribution in [-0.2, 0) is 24.3 Å². The van der Waals surface area contributed by atoms with Crippen molar-refractivity contribution in [2.24, 2.45) is 0 Å². The molecule has 0 aromatic heterocycles. The van der Waals surface area contributed by atoms with Crippen LogP contribution in [0.25, 0.3) is 0 Å². The molecule has 0 aliphatic carbocycles. The third kappa shape index (κ3) is 4.64. The van der Waals surface area contributed by atoms with Crippen molar-refractivity contribution < 1.29 is 0 Å². The molecule has 0 bridgehead atoms. The van der Waals surface area contributed by atoms with Crippen LogP contribution in [0.1, 0.15) is 22.3 Å². The van der Waals surface area contributed by atoms with E-state index in [0.717, 1.165) is 24.3 Å². The van der Waals surface area contributed by atoms with Gasteiger partial charge in [0.05, 0.1) is 0 Å². The summed E-state index contributed by atoms with van der Waals surface area (Å²) < 4.78 is 0. The van der Waals surface area contributed by atoms with Crippen LogP contribution in [0.5, 0.6) is 0 Å². The van der Waals surface area contributed by atoms with Crippen LogP contribution in [0.4, 0.5) is 0 Å². The van der Waals surface area contributed by atoms with E-state index in [1.165, 1.54) is 22.3 Å². The van der Waals surface area contributed by atoms with Crippen molar-refractivity contribution in [2.45, 2.75) is 24.3 Å². The van der Waals surface area contributed by atoms with Gasteiger partial charge in [0.1, 0.15) is 0 Å². The molecule has 2 aromatic rings. The standard InChI is InChI=1S/C20H22S/c1-3-9-17-11-5-7-13-19(17)15-21-16-20-14-8-6-12-18(20)10-4-2/h3-8,11-14H,1-2,9-10,15-16H2. The minimum absolute atomic E-state index is 0.948. The Labute approximate surface area is 132 Å². The Balaban J connectivity index is 1.98. The predicted octanol–water partition coefficient (Wildman–Crippen LogP) is 5.58. The highest BCUT2D eigenvalue weighted by Crippen LogP contribution is 2.23. The fraction of sp³-hybridized carbons (Fsp3) is 0.200. The highest BCUT2D eigenvalue weighted by atomic mass is 32.2. The summed E-state index contributed by atoms with van der Waals surface area (Å²) in [6.45, 7) is 7.68. The smallest absolute Gasteiger partial charge is 0.0190 e. The second-order valence-electron chi connectivity index (χ2n) is 5.02. The first kappa shape index (κ1) is 15.7. The van der Waals surface area contributed by atoms with E-state index in [-0.39, 0.29) is 0 Å². The molecule has 0 radical (unpaired) electrons. The molecule has 0 fully saturated rings. The zero-order valence-corrected chi connectivity index (χ0v) is 13.2. The highest BCUT2D eigenvalue weighted by Gasteiger charge is 2.03. The Morgan fingerprint density at radius 3 is 1.43 bits per heavy atom. The summed E-state index contributed by atoms with van der Waals surface area (Å²) in [5, 5.41) is 0. The number of allylic oxidation sites excluding steroid dienone is 2. The average Bonchev–Trinajstić information content (AvgIpc) is 2.51. The summed E-state index contributed by atoms with van der Waals surface area (Å²) in [6.07, 6.45) is 5.85. The molecule has 2 aromatic carbocycles. The largest absolute Gasteiger partial charge is 0.152 e. The minimum atomic E-state index is 0.948. The predicted molar refractivity (Wildman–Crippen MR) is 95.7 cm³/mol.